The number of nitrogens with zero attached hydrogens (tertiary/aromatic N) is 1. The minimum Gasteiger partial charge on any atom is -0.310 e. The van der Waals surface area contributed by atoms with Crippen molar-refractivity contribution < 1.29 is 0 Å². The number of benzene rings is 9. The molecule has 10 aromatic rings. The lowest BCUT2D eigenvalue weighted by atomic mass is 9.93. The maximum Gasteiger partial charge on any atom is 0.0540 e. The van der Waals surface area contributed by atoms with Crippen molar-refractivity contribution in [1.82, 2.24) is 0 Å². The Morgan fingerprint density at radius 2 is 0.980 bits per heavy atom. The zero-order chi connectivity index (χ0) is 33.0. The summed E-state index contributed by atoms with van der Waals surface area (Å²) in [6.45, 7) is 0. The van der Waals surface area contributed by atoms with Gasteiger partial charge in [-0.25, -0.2) is 0 Å². The van der Waals surface area contributed by atoms with Crippen LogP contribution in [0, 0.1) is 0 Å². The molecule has 234 valence electrons. The van der Waals surface area contributed by atoms with Crippen LogP contribution in [0.4, 0.5) is 17.1 Å². The molecule has 1 aromatic heterocycles. The number of thiophene rings is 1. The maximum absolute atomic E-state index is 2.43. The molecule has 1 heterocycles. The summed E-state index contributed by atoms with van der Waals surface area (Å²) < 4.78 is 2.64. The average Bonchev–Trinajstić information content (AvgIpc) is 3.55. The zero-order valence-electron chi connectivity index (χ0n) is 27.3. The Balaban J connectivity index is 1.18. The van der Waals surface area contributed by atoms with Crippen molar-refractivity contribution in [2.75, 3.05) is 4.90 Å². The van der Waals surface area contributed by atoms with Crippen LogP contribution in [0.5, 0.6) is 0 Å². The molecule has 50 heavy (non-hydrogen) atoms. The molecule has 2 heteroatoms. The quantitative estimate of drug-likeness (QED) is 0.167. The Bertz CT molecular complexity index is 2870. The van der Waals surface area contributed by atoms with E-state index >= 15 is 0 Å². The first-order chi connectivity index (χ1) is 24.8. The number of fused-ring (bicyclic) bond motifs is 7. The minimum atomic E-state index is 1.12. The lowest BCUT2D eigenvalue weighted by Gasteiger charge is -2.27. The smallest absolute Gasteiger partial charge is 0.0540 e. The van der Waals surface area contributed by atoms with E-state index in [0.29, 0.717) is 0 Å². The summed E-state index contributed by atoms with van der Waals surface area (Å²) in [6, 6.07) is 68.8. The van der Waals surface area contributed by atoms with E-state index in [1.54, 1.807) is 0 Å². The van der Waals surface area contributed by atoms with Gasteiger partial charge in [0.1, 0.15) is 0 Å². The lowest BCUT2D eigenvalue weighted by molar-refractivity contribution is 1.30. The molecule has 0 saturated carbocycles. The van der Waals surface area contributed by atoms with E-state index in [-0.39, 0.29) is 0 Å². The van der Waals surface area contributed by atoms with Gasteiger partial charge in [0.25, 0.3) is 0 Å². The van der Waals surface area contributed by atoms with Gasteiger partial charge in [-0.1, -0.05) is 133 Å². The van der Waals surface area contributed by atoms with E-state index in [1.807, 2.05) is 11.3 Å². The van der Waals surface area contributed by atoms with Gasteiger partial charge in [0.2, 0.25) is 0 Å². The highest BCUT2D eigenvalue weighted by Gasteiger charge is 2.18. The molecule has 0 unspecified atom stereocenters. The molecule has 9 aromatic carbocycles. The molecule has 0 bridgehead atoms. The highest BCUT2D eigenvalue weighted by Crippen LogP contribution is 2.44. The largest absolute Gasteiger partial charge is 0.310 e. The fourth-order valence-electron chi connectivity index (χ4n) is 7.64. The Morgan fingerprint density at radius 3 is 1.84 bits per heavy atom. The number of hydrogen-bond donors (Lipinski definition) is 0. The lowest BCUT2D eigenvalue weighted by Crippen LogP contribution is -2.10. The summed E-state index contributed by atoms with van der Waals surface area (Å²) in [4.78, 5) is 2.43. The van der Waals surface area contributed by atoms with Gasteiger partial charge in [-0.2, -0.15) is 0 Å². The second kappa shape index (κ2) is 11.7. The Morgan fingerprint density at radius 1 is 0.320 bits per heavy atom. The van der Waals surface area contributed by atoms with Crippen molar-refractivity contribution in [3.8, 4) is 22.3 Å². The second-order valence-electron chi connectivity index (χ2n) is 12.9. The van der Waals surface area contributed by atoms with Gasteiger partial charge in [0, 0.05) is 36.9 Å². The third kappa shape index (κ3) is 4.76. The standard InChI is InChI=1S/C48H31NS/c1-2-12-32(13-3-1)34-15-10-17-38(28-34)49(46-22-11-16-36-30-48-45(31-44(36)46)42-21-8-9-23-47(42)50-48)37-26-24-33(25-27-37)43-29-35-14-4-5-18-39(35)40-19-6-7-20-41(40)43/h1-31H. The average molecular weight is 654 g/mol. The van der Waals surface area contributed by atoms with Crippen molar-refractivity contribution in [3.63, 3.8) is 0 Å². The van der Waals surface area contributed by atoms with Gasteiger partial charge < -0.3 is 4.90 Å². The van der Waals surface area contributed by atoms with Crippen LogP contribution in [-0.4, -0.2) is 0 Å². The number of anilines is 3. The highest BCUT2D eigenvalue weighted by molar-refractivity contribution is 7.25. The molecule has 0 saturated heterocycles. The summed E-state index contributed by atoms with van der Waals surface area (Å²) in [7, 11) is 0. The van der Waals surface area contributed by atoms with E-state index in [1.165, 1.54) is 74.7 Å². The Hall–Kier alpha value is -6.22. The second-order valence-corrected chi connectivity index (χ2v) is 14.0. The molecular weight excluding hydrogens is 623 g/mol. The summed E-state index contributed by atoms with van der Waals surface area (Å²) in [6.07, 6.45) is 0. The first kappa shape index (κ1) is 28.8. The first-order valence-electron chi connectivity index (χ1n) is 17.1. The molecule has 0 amide bonds. The maximum atomic E-state index is 2.43. The van der Waals surface area contributed by atoms with Crippen LogP contribution in [-0.2, 0) is 0 Å². The SMILES string of the molecule is c1ccc(-c2cccc(N(c3ccc(-c4cc5ccccc5c5ccccc45)cc3)c3cccc4cc5sc6ccccc6c5cc34)c2)cc1. The summed E-state index contributed by atoms with van der Waals surface area (Å²) in [5.74, 6) is 0. The molecule has 0 atom stereocenters. The third-order valence-electron chi connectivity index (χ3n) is 10.0. The molecule has 1 nitrogen and oxygen atoms in total. The van der Waals surface area contributed by atoms with E-state index in [4.69, 9.17) is 0 Å². The molecule has 0 N–H and O–H groups in total. The number of rotatable bonds is 5. The van der Waals surface area contributed by atoms with Gasteiger partial charge >= 0.3 is 0 Å². The summed E-state index contributed by atoms with van der Waals surface area (Å²) in [5, 5.41) is 10.2. The van der Waals surface area contributed by atoms with Gasteiger partial charge in [0.05, 0.1) is 5.69 Å². The first-order valence-corrected chi connectivity index (χ1v) is 17.9. The van der Waals surface area contributed by atoms with Crippen LogP contribution in [0.15, 0.2) is 188 Å². The van der Waals surface area contributed by atoms with Crippen LogP contribution in [0.25, 0.3) is 74.7 Å². The molecule has 0 radical (unpaired) electrons. The van der Waals surface area contributed by atoms with Gasteiger partial charge in [0.15, 0.2) is 0 Å². The normalized spacial score (nSPS) is 11.6. The Kier molecular flexibility index (Phi) is 6.75. The van der Waals surface area contributed by atoms with Crippen LogP contribution in [0.2, 0.25) is 0 Å². The highest BCUT2D eigenvalue weighted by atomic mass is 32.1. The van der Waals surface area contributed by atoms with Crippen molar-refractivity contribution in [2.24, 2.45) is 0 Å². The van der Waals surface area contributed by atoms with Crippen molar-refractivity contribution in [1.29, 1.82) is 0 Å². The third-order valence-corrected chi connectivity index (χ3v) is 11.1. The van der Waals surface area contributed by atoms with Gasteiger partial charge in [-0.05, 0) is 104 Å². The van der Waals surface area contributed by atoms with Crippen molar-refractivity contribution in [3.05, 3.63) is 188 Å². The van der Waals surface area contributed by atoms with Crippen molar-refractivity contribution in [2.45, 2.75) is 0 Å². The molecule has 0 fully saturated rings. The van der Waals surface area contributed by atoms with Crippen LogP contribution >= 0.6 is 11.3 Å². The molecule has 0 aliphatic heterocycles. The topological polar surface area (TPSA) is 3.24 Å². The molecular formula is C48H31NS. The predicted octanol–water partition coefficient (Wildman–Crippen LogP) is 14.3. The van der Waals surface area contributed by atoms with Crippen LogP contribution in [0.1, 0.15) is 0 Å². The van der Waals surface area contributed by atoms with E-state index < -0.39 is 0 Å². The molecule has 10 rings (SSSR count). The van der Waals surface area contributed by atoms with Crippen LogP contribution in [0.3, 0.4) is 0 Å². The Labute approximate surface area is 294 Å². The molecule has 0 spiro atoms. The minimum absolute atomic E-state index is 1.12. The van der Waals surface area contributed by atoms with E-state index in [2.05, 4.69) is 193 Å². The zero-order valence-corrected chi connectivity index (χ0v) is 28.1. The van der Waals surface area contributed by atoms with Gasteiger partial charge in [-0.3, -0.25) is 0 Å². The number of hydrogen-bond acceptors (Lipinski definition) is 2. The predicted molar refractivity (Wildman–Crippen MR) is 217 cm³/mol. The fraction of sp³-hybridized carbons (Fsp3) is 0. The molecule has 0 aliphatic carbocycles. The van der Waals surface area contributed by atoms with E-state index in [0.717, 1.165) is 17.1 Å². The fourth-order valence-corrected chi connectivity index (χ4v) is 8.78. The summed E-state index contributed by atoms with van der Waals surface area (Å²) >= 11 is 1.87. The van der Waals surface area contributed by atoms with Crippen molar-refractivity contribution >= 4 is 80.9 Å². The molecule has 0 aliphatic rings. The van der Waals surface area contributed by atoms with E-state index in [9.17, 15) is 0 Å². The van der Waals surface area contributed by atoms with Crippen LogP contribution < -0.4 is 4.90 Å². The monoisotopic (exact) mass is 653 g/mol. The van der Waals surface area contributed by atoms with Gasteiger partial charge in [-0.15, -0.1) is 11.3 Å². The summed E-state index contributed by atoms with van der Waals surface area (Å²) in [5.41, 5.74) is 8.26.